The van der Waals surface area contributed by atoms with Crippen molar-refractivity contribution >= 4 is 35.2 Å². The molecule has 7 nitrogen and oxygen atoms in total. The highest BCUT2D eigenvalue weighted by Gasteiger charge is 2.03. The van der Waals surface area contributed by atoms with Gasteiger partial charge in [0.25, 0.3) is 5.69 Å². The van der Waals surface area contributed by atoms with Crippen LogP contribution in [-0.4, -0.2) is 17.2 Å². The lowest BCUT2D eigenvalue weighted by Crippen LogP contribution is -2.24. The van der Waals surface area contributed by atoms with E-state index in [1.54, 1.807) is 24.3 Å². The molecule has 0 heterocycles. The summed E-state index contributed by atoms with van der Waals surface area (Å²) in [4.78, 5) is 21.6. The van der Waals surface area contributed by atoms with Gasteiger partial charge in [-0.15, -0.1) is 0 Å². The maximum atomic E-state index is 11.6. The van der Waals surface area contributed by atoms with E-state index in [9.17, 15) is 14.9 Å². The van der Waals surface area contributed by atoms with Crippen LogP contribution < -0.4 is 10.7 Å². The average molecular weight is 319 g/mol. The molecule has 0 radical (unpaired) electrons. The molecule has 0 aliphatic carbocycles. The Hall–Kier alpha value is -2.93. The fourth-order valence-electron chi connectivity index (χ4n) is 1.57. The van der Waals surface area contributed by atoms with Gasteiger partial charge >= 0.3 is 6.03 Å². The molecule has 0 spiro atoms. The Bertz CT molecular complexity index is 716. The van der Waals surface area contributed by atoms with E-state index in [1.165, 1.54) is 30.5 Å². The molecule has 0 saturated carbocycles. The van der Waals surface area contributed by atoms with Gasteiger partial charge in [0.15, 0.2) is 0 Å². The number of amides is 2. The first-order chi connectivity index (χ1) is 10.5. The number of nitrogens with one attached hydrogen (secondary N) is 2. The molecule has 0 saturated heterocycles. The summed E-state index contributed by atoms with van der Waals surface area (Å²) < 4.78 is 0. The van der Waals surface area contributed by atoms with Crippen molar-refractivity contribution in [3.05, 3.63) is 69.2 Å². The van der Waals surface area contributed by atoms with E-state index in [0.717, 1.165) is 0 Å². The molecule has 0 aliphatic rings. The molecule has 2 aromatic carbocycles. The van der Waals surface area contributed by atoms with Crippen LogP contribution in [0.5, 0.6) is 0 Å². The number of halogens is 1. The Morgan fingerprint density at radius 2 is 1.95 bits per heavy atom. The van der Waals surface area contributed by atoms with Gasteiger partial charge in [-0.1, -0.05) is 17.7 Å². The smallest absolute Gasteiger partial charge is 0.306 e. The van der Waals surface area contributed by atoms with Gasteiger partial charge in [0.05, 0.1) is 11.1 Å². The quantitative estimate of drug-likeness (QED) is 0.513. The summed E-state index contributed by atoms with van der Waals surface area (Å²) in [5.74, 6) is 0. The first-order valence-corrected chi connectivity index (χ1v) is 6.52. The van der Waals surface area contributed by atoms with Crippen LogP contribution in [0.1, 0.15) is 5.56 Å². The van der Waals surface area contributed by atoms with Crippen LogP contribution in [-0.2, 0) is 0 Å². The minimum Gasteiger partial charge on any atom is -0.306 e. The molecule has 112 valence electrons. The maximum absolute atomic E-state index is 11.6. The lowest BCUT2D eigenvalue weighted by molar-refractivity contribution is -0.384. The SMILES string of the molecule is O=C(N/N=C\c1ccc([N+](=O)[O-])cc1)Nc1cccc(Cl)c1. The van der Waals surface area contributed by atoms with E-state index in [-0.39, 0.29) is 5.69 Å². The number of carbonyl (C=O) groups excluding carboxylic acids is 1. The van der Waals surface area contributed by atoms with E-state index in [1.807, 2.05) is 0 Å². The Morgan fingerprint density at radius 1 is 1.23 bits per heavy atom. The normalized spacial score (nSPS) is 10.4. The number of hydrazone groups is 1. The molecule has 0 aromatic heterocycles. The fraction of sp³-hybridized carbons (Fsp3) is 0. The number of nitro groups is 1. The molecule has 0 atom stereocenters. The Kier molecular flexibility index (Phi) is 5.05. The van der Waals surface area contributed by atoms with Crippen molar-refractivity contribution in [1.29, 1.82) is 0 Å². The second-order valence-corrected chi connectivity index (χ2v) is 4.62. The van der Waals surface area contributed by atoms with Gasteiger partial charge in [-0.05, 0) is 35.9 Å². The molecular formula is C14H11ClN4O3. The number of urea groups is 1. The number of benzene rings is 2. The summed E-state index contributed by atoms with van der Waals surface area (Å²) in [5, 5.41) is 17.3. The van der Waals surface area contributed by atoms with Crippen molar-refractivity contribution in [2.24, 2.45) is 5.10 Å². The zero-order valence-corrected chi connectivity index (χ0v) is 11.9. The Balaban J connectivity index is 1.89. The second kappa shape index (κ2) is 7.19. The second-order valence-electron chi connectivity index (χ2n) is 4.18. The molecule has 8 heteroatoms. The van der Waals surface area contributed by atoms with Crippen molar-refractivity contribution < 1.29 is 9.72 Å². The minimum atomic E-state index is -0.527. The first-order valence-electron chi connectivity index (χ1n) is 6.15. The lowest BCUT2D eigenvalue weighted by atomic mass is 10.2. The number of anilines is 1. The van der Waals surface area contributed by atoms with Crippen LogP contribution >= 0.6 is 11.6 Å². The van der Waals surface area contributed by atoms with Crippen molar-refractivity contribution in [2.45, 2.75) is 0 Å². The molecule has 0 unspecified atom stereocenters. The van der Waals surface area contributed by atoms with E-state index in [4.69, 9.17) is 11.6 Å². The summed E-state index contributed by atoms with van der Waals surface area (Å²) >= 11 is 5.80. The minimum absolute atomic E-state index is 0.0104. The number of hydrogen-bond acceptors (Lipinski definition) is 4. The van der Waals surface area contributed by atoms with Gasteiger partial charge < -0.3 is 5.32 Å². The van der Waals surface area contributed by atoms with Gasteiger partial charge in [-0.3, -0.25) is 10.1 Å². The zero-order valence-electron chi connectivity index (χ0n) is 11.2. The van der Waals surface area contributed by atoms with E-state index < -0.39 is 11.0 Å². The van der Waals surface area contributed by atoms with Crippen LogP contribution in [0.3, 0.4) is 0 Å². The Labute approximate surface area is 130 Å². The van der Waals surface area contributed by atoms with E-state index in [2.05, 4.69) is 15.8 Å². The standard InChI is InChI=1S/C14H11ClN4O3/c15-11-2-1-3-12(8-11)17-14(20)18-16-9-10-4-6-13(7-5-10)19(21)22/h1-9H,(H2,17,18,20)/b16-9-. The van der Waals surface area contributed by atoms with Gasteiger partial charge in [0.1, 0.15) is 0 Å². The largest absolute Gasteiger partial charge is 0.339 e. The van der Waals surface area contributed by atoms with Crippen molar-refractivity contribution in [3.8, 4) is 0 Å². The monoisotopic (exact) mass is 318 g/mol. The third-order valence-corrected chi connectivity index (χ3v) is 2.80. The highest BCUT2D eigenvalue weighted by atomic mass is 35.5. The molecule has 2 N–H and O–H groups in total. The van der Waals surface area contributed by atoms with E-state index >= 15 is 0 Å². The zero-order chi connectivity index (χ0) is 15.9. The predicted molar refractivity (Wildman–Crippen MR) is 84.3 cm³/mol. The number of hydrogen-bond donors (Lipinski definition) is 2. The first kappa shape index (κ1) is 15.5. The third-order valence-electron chi connectivity index (χ3n) is 2.57. The van der Waals surface area contributed by atoms with Gasteiger partial charge in [-0.2, -0.15) is 5.10 Å². The summed E-state index contributed by atoms with van der Waals surface area (Å²) in [7, 11) is 0. The van der Waals surface area contributed by atoms with Crippen molar-refractivity contribution in [1.82, 2.24) is 5.43 Å². The van der Waals surface area contributed by atoms with E-state index in [0.29, 0.717) is 16.3 Å². The van der Waals surface area contributed by atoms with Gasteiger partial charge in [-0.25, -0.2) is 10.2 Å². The summed E-state index contributed by atoms with van der Waals surface area (Å²) in [5.41, 5.74) is 3.43. The topological polar surface area (TPSA) is 96.6 Å². The Morgan fingerprint density at radius 3 is 2.59 bits per heavy atom. The highest BCUT2D eigenvalue weighted by molar-refractivity contribution is 6.30. The number of nitro benzene ring substituents is 1. The molecule has 0 fully saturated rings. The number of rotatable bonds is 4. The molecule has 2 rings (SSSR count). The molecule has 2 amide bonds. The maximum Gasteiger partial charge on any atom is 0.339 e. The predicted octanol–water partition coefficient (Wildman–Crippen LogP) is 3.40. The summed E-state index contributed by atoms with van der Waals surface area (Å²) in [6.07, 6.45) is 1.38. The third kappa shape index (κ3) is 4.57. The van der Waals surface area contributed by atoms with Crippen molar-refractivity contribution in [3.63, 3.8) is 0 Å². The molecular weight excluding hydrogens is 308 g/mol. The summed E-state index contributed by atoms with van der Waals surface area (Å²) in [6, 6.07) is 11.9. The molecule has 0 bridgehead atoms. The molecule has 0 aliphatic heterocycles. The van der Waals surface area contributed by atoms with Crippen LogP contribution in [0.25, 0.3) is 0 Å². The van der Waals surface area contributed by atoms with Crippen LogP contribution in [0.4, 0.5) is 16.2 Å². The van der Waals surface area contributed by atoms with Crippen LogP contribution in [0.2, 0.25) is 5.02 Å². The van der Waals surface area contributed by atoms with Gasteiger partial charge in [0, 0.05) is 22.8 Å². The lowest BCUT2D eigenvalue weighted by Gasteiger charge is -2.04. The number of nitrogens with zero attached hydrogens (tertiary/aromatic N) is 2. The van der Waals surface area contributed by atoms with Gasteiger partial charge in [0.2, 0.25) is 0 Å². The molecule has 2 aromatic rings. The fourth-order valence-corrected chi connectivity index (χ4v) is 1.76. The highest BCUT2D eigenvalue weighted by Crippen LogP contribution is 2.14. The average Bonchev–Trinajstić information content (AvgIpc) is 2.47. The summed E-state index contributed by atoms with van der Waals surface area (Å²) in [6.45, 7) is 0. The number of non-ortho nitro benzene ring substituents is 1. The van der Waals surface area contributed by atoms with Crippen LogP contribution in [0, 0.1) is 10.1 Å². The number of carbonyl (C=O) groups is 1. The van der Waals surface area contributed by atoms with Crippen LogP contribution in [0.15, 0.2) is 53.6 Å². The molecule has 22 heavy (non-hydrogen) atoms. The van der Waals surface area contributed by atoms with Crippen molar-refractivity contribution in [2.75, 3.05) is 5.32 Å².